The fraction of sp³-hybridized carbons (Fsp3) is 0.500. The van der Waals surface area contributed by atoms with Crippen LogP contribution in [0.1, 0.15) is 6.92 Å². The molecular formula is C6H9NOS2. The topological polar surface area (TPSA) is 33.1 Å². The minimum absolute atomic E-state index is 0.242. The Labute approximate surface area is 68.3 Å². The molecule has 0 radical (unpaired) electrons. The van der Waals surface area contributed by atoms with Crippen molar-refractivity contribution in [3.05, 3.63) is 11.6 Å². The van der Waals surface area contributed by atoms with Crippen LogP contribution in [0.25, 0.3) is 0 Å². The molecule has 0 fully saturated rings. The first-order valence-electron chi connectivity index (χ1n) is 2.99. The van der Waals surface area contributed by atoms with Gasteiger partial charge in [0.2, 0.25) is 0 Å². The van der Waals surface area contributed by atoms with E-state index in [9.17, 15) is 0 Å². The van der Waals surface area contributed by atoms with Crippen LogP contribution in [0.5, 0.6) is 0 Å². The van der Waals surface area contributed by atoms with Crippen molar-refractivity contribution in [3.63, 3.8) is 0 Å². The summed E-state index contributed by atoms with van der Waals surface area (Å²) in [5.41, 5.74) is 0. The van der Waals surface area contributed by atoms with Gasteiger partial charge < -0.3 is 5.11 Å². The summed E-state index contributed by atoms with van der Waals surface area (Å²) in [7, 11) is 0. The molecule has 0 aliphatic rings. The Kier molecular flexibility index (Phi) is 3.18. The van der Waals surface area contributed by atoms with Crippen LogP contribution in [-0.2, 0) is 0 Å². The Morgan fingerprint density at radius 3 is 3.20 bits per heavy atom. The highest BCUT2D eigenvalue weighted by Crippen LogP contribution is 2.20. The van der Waals surface area contributed by atoms with Gasteiger partial charge in [-0.3, -0.25) is 0 Å². The lowest BCUT2D eigenvalue weighted by Gasteiger charge is -1.98. The second kappa shape index (κ2) is 3.95. The van der Waals surface area contributed by atoms with E-state index in [1.165, 1.54) is 0 Å². The predicted octanol–water partition coefficient (Wildman–Crippen LogP) is 1.62. The Morgan fingerprint density at radius 2 is 2.70 bits per heavy atom. The molecule has 0 amide bonds. The number of thiazole rings is 1. The summed E-state index contributed by atoms with van der Waals surface area (Å²) in [6.07, 6.45) is 1.53. The van der Waals surface area contributed by atoms with Gasteiger partial charge in [-0.25, -0.2) is 4.98 Å². The van der Waals surface area contributed by atoms with Crippen LogP contribution >= 0.6 is 23.1 Å². The van der Waals surface area contributed by atoms with Crippen LogP contribution in [0.3, 0.4) is 0 Å². The van der Waals surface area contributed by atoms with Crippen LogP contribution in [0.15, 0.2) is 15.9 Å². The fourth-order valence-corrected chi connectivity index (χ4v) is 2.00. The van der Waals surface area contributed by atoms with Gasteiger partial charge in [-0.05, 0) is 6.92 Å². The third-order valence-electron chi connectivity index (χ3n) is 0.858. The van der Waals surface area contributed by atoms with Gasteiger partial charge in [0, 0.05) is 17.3 Å². The minimum Gasteiger partial charge on any atom is -0.393 e. The number of hydrogen-bond acceptors (Lipinski definition) is 4. The van der Waals surface area contributed by atoms with Crippen LogP contribution in [0.2, 0.25) is 0 Å². The SMILES string of the molecule is CC(O)CSc1nccs1. The molecule has 0 aromatic carbocycles. The maximum atomic E-state index is 8.91. The number of aromatic nitrogens is 1. The van der Waals surface area contributed by atoms with Crippen molar-refractivity contribution < 1.29 is 5.11 Å². The van der Waals surface area contributed by atoms with Crippen molar-refractivity contribution in [1.29, 1.82) is 0 Å². The molecule has 1 unspecified atom stereocenters. The normalized spacial score (nSPS) is 13.4. The molecular weight excluding hydrogens is 166 g/mol. The Bertz CT molecular complexity index is 174. The van der Waals surface area contributed by atoms with Gasteiger partial charge >= 0.3 is 0 Å². The van der Waals surface area contributed by atoms with Gasteiger partial charge in [0.15, 0.2) is 0 Å². The highest BCUT2D eigenvalue weighted by molar-refractivity contribution is 8.01. The van der Waals surface area contributed by atoms with E-state index < -0.39 is 0 Å². The number of rotatable bonds is 3. The molecule has 2 nitrogen and oxygen atoms in total. The third kappa shape index (κ3) is 2.68. The lowest BCUT2D eigenvalue weighted by atomic mass is 10.5. The first-order valence-corrected chi connectivity index (χ1v) is 4.86. The van der Waals surface area contributed by atoms with Gasteiger partial charge in [0.1, 0.15) is 4.34 Å². The van der Waals surface area contributed by atoms with Crippen molar-refractivity contribution in [3.8, 4) is 0 Å². The second-order valence-corrected chi connectivity index (χ2v) is 4.12. The molecule has 10 heavy (non-hydrogen) atoms. The van der Waals surface area contributed by atoms with E-state index in [-0.39, 0.29) is 6.10 Å². The average Bonchev–Trinajstić information content (AvgIpc) is 2.34. The first kappa shape index (κ1) is 8.04. The number of thioether (sulfide) groups is 1. The number of aliphatic hydroxyl groups is 1. The summed E-state index contributed by atoms with van der Waals surface area (Å²) in [5.74, 6) is 0.730. The summed E-state index contributed by atoms with van der Waals surface area (Å²) in [4.78, 5) is 4.06. The summed E-state index contributed by atoms with van der Waals surface area (Å²) in [6.45, 7) is 1.78. The molecule has 0 aliphatic heterocycles. The Morgan fingerprint density at radius 1 is 1.90 bits per heavy atom. The first-order chi connectivity index (χ1) is 4.79. The number of hydrogen-bond donors (Lipinski definition) is 1. The highest BCUT2D eigenvalue weighted by atomic mass is 32.2. The molecule has 0 saturated heterocycles. The maximum Gasteiger partial charge on any atom is 0.149 e. The summed E-state index contributed by atoms with van der Waals surface area (Å²) in [6, 6.07) is 0. The number of aliphatic hydroxyl groups excluding tert-OH is 1. The lowest BCUT2D eigenvalue weighted by molar-refractivity contribution is 0.220. The van der Waals surface area contributed by atoms with Gasteiger partial charge in [-0.15, -0.1) is 11.3 Å². The van der Waals surface area contributed by atoms with Crippen LogP contribution in [0.4, 0.5) is 0 Å². The maximum absolute atomic E-state index is 8.91. The molecule has 56 valence electrons. The molecule has 1 N–H and O–H groups in total. The van der Waals surface area contributed by atoms with Gasteiger partial charge in [-0.2, -0.15) is 0 Å². The Balaban J connectivity index is 2.28. The fourth-order valence-electron chi connectivity index (χ4n) is 0.474. The largest absolute Gasteiger partial charge is 0.393 e. The van der Waals surface area contributed by atoms with E-state index in [2.05, 4.69) is 4.98 Å². The van der Waals surface area contributed by atoms with E-state index in [0.29, 0.717) is 0 Å². The Hall–Kier alpha value is -0.0600. The molecule has 0 spiro atoms. The lowest BCUT2D eigenvalue weighted by Crippen LogP contribution is -2.01. The van der Waals surface area contributed by atoms with Gasteiger partial charge in [-0.1, -0.05) is 11.8 Å². The average molecular weight is 175 g/mol. The van der Waals surface area contributed by atoms with Crippen molar-refractivity contribution in [2.24, 2.45) is 0 Å². The molecule has 1 heterocycles. The monoisotopic (exact) mass is 175 g/mol. The molecule has 0 saturated carbocycles. The van der Waals surface area contributed by atoms with Crippen LogP contribution in [-0.4, -0.2) is 21.9 Å². The molecule has 0 aliphatic carbocycles. The molecule has 1 aromatic heterocycles. The van der Waals surface area contributed by atoms with E-state index in [1.54, 1.807) is 36.2 Å². The van der Waals surface area contributed by atoms with Crippen LogP contribution < -0.4 is 0 Å². The van der Waals surface area contributed by atoms with Crippen molar-refractivity contribution in [2.45, 2.75) is 17.4 Å². The van der Waals surface area contributed by atoms with Crippen molar-refractivity contribution >= 4 is 23.1 Å². The zero-order valence-electron chi connectivity index (χ0n) is 5.65. The summed E-state index contributed by atoms with van der Waals surface area (Å²) >= 11 is 3.20. The van der Waals surface area contributed by atoms with Crippen molar-refractivity contribution in [1.82, 2.24) is 4.98 Å². The number of nitrogens with zero attached hydrogens (tertiary/aromatic N) is 1. The smallest absolute Gasteiger partial charge is 0.149 e. The van der Waals surface area contributed by atoms with E-state index >= 15 is 0 Å². The van der Waals surface area contributed by atoms with Gasteiger partial charge in [0.05, 0.1) is 6.10 Å². The quantitative estimate of drug-likeness (QED) is 0.709. The van der Waals surface area contributed by atoms with E-state index in [0.717, 1.165) is 10.1 Å². The zero-order valence-corrected chi connectivity index (χ0v) is 7.28. The second-order valence-electron chi connectivity index (χ2n) is 1.96. The molecule has 0 bridgehead atoms. The van der Waals surface area contributed by atoms with Gasteiger partial charge in [0.25, 0.3) is 0 Å². The summed E-state index contributed by atoms with van der Waals surface area (Å²) in [5, 5.41) is 10.8. The zero-order chi connectivity index (χ0) is 7.40. The highest BCUT2D eigenvalue weighted by Gasteiger charge is 1.98. The van der Waals surface area contributed by atoms with Crippen molar-refractivity contribution in [2.75, 3.05) is 5.75 Å². The minimum atomic E-state index is -0.242. The summed E-state index contributed by atoms with van der Waals surface area (Å²) < 4.78 is 1.03. The standard InChI is InChI=1S/C6H9NOS2/c1-5(8)4-10-6-7-2-3-9-6/h2-3,5,8H,4H2,1H3. The molecule has 1 atom stereocenters. The molecule has 1 rings (SSSR count). The molecule has 4 heteroatoms. The van der Waals surface area contributed by atoms with Crippen LogP contribution in [0, 0.1) is 0 Å². The molecule has 1 aromatic rings. The van der Waals surface area contributed by atoms with E-state index in [1.807, 2.05) is 5.38 Å². The third-order valence-corrected chi connectivity index (χ3v) is 3.07. The predicted molar refractivity (Wildman–Crippen MR) is 44.5 cm³/mol. The van der Waals surface area contributed by atoms with E-state index in [4.69, 9.17) is 5.11 Å².